The summed E-state index contributed by atoms with van der Waals surface area (Å²) in [7, 11) is 0. The molecule has 2 fully saturated rings. The number of aliphatic hydroxyl groups is 1. The maximum atomic E-state index is 12.5. The molecule has 106 valence electrons. The lowest BCUT2D eigenvalue weighted by Crippen LogP contribution is -2.58. The van der Waals surface area contributed by atoms with Crippen molar-refractivity contribution in [3.63, 3.8) is 0 Å². The number of hydrogen-bond acceptors (Lipinski definition) is 1. The highest BCUT2D eigenvalue weighted by Crippen LogP contribution is 2.55. The Hall–Kier alpha value is -0.460. The second-order valence-electron chi connectivity index (χ2n) is 5.49. The summed E-state index contributed by atoms with van der Waals surface area (Å²) in [5.41, 5.74) is -4.56. The van der Waals surface area contributed by atoms with Crippen molar-refractivity contribution in [2.75, 3.05) is 0 Å². The first-order chi connectivity index (χ1) is 8.04. The zero-order valence-electron chi connectivity index (χ0n) is 9.48. The molecule has 18 heavy (non-hydrogen) atoms. The molecular formula is C11H14F6O. The van der Waals surface area contributed by atoms with E-state index >= 15 is 0 Å². The first kappa shape index (κ1) is 14.0. The molecule has 2 aliphatic carbocycles. The monoisotopic (exact) mass is 276 g/mol. The summed E-state index contributed by atoms with van der Waals surface area (Å²) in [5.74, 6) is -0.519. The molecule has 3 atom stereocenters. The van der Waals surface area contributed by atoms with Crippen LogP contribution in [0.15, 0.2) is 0 Å². The van der Waals surface area contributed by atoms with Crippen LogP contribution < -0.4 is 0 Å². The van der Waals surface area contributed by atoms with Gasteiger partial charge in [0.05, 0.1) is 0 Å². The first-order valence-corrected chi connectivity index (χ1v) is 5.90. The van der Waals surface area contributed by atoms with Gasteiger partial charge in [0, 0.05) is 0 Å². The summed E-state index contributed by atoms with van der Waals surface area (Å²) >= 11 is 0. The minimum absolute atomic E-state index is 0.0915. The van der Waals surface area contributed by atoms with Crippen molar-refractivity contribution in [1.29, 1.82) is 0 Å². The van der Waals surface area contributed by atoms with Crippen molar-refractivity contribution >= 4 is 0 Å². The standard InChI is InChI=1S/C11H14F6O/c12-10(13,14)9(18,11(15,16)17)5-8-4-6-1-2-7(8)3-6/h6-8,18H,1-5H2/t6?,7-,8?/m1/s1. The average Bonchev–Trinajstić information content (AvgIpc) is 2.75. The van der Waals surface area contributed by atoms with Gasteiger partial charge in [0.2, 0.25) is 0 Å². The van der Waals surface area contributed by atoms with Crippen LogP contribution in [0, 0.1) is 17.8 Å². The van der Waals surface area contributed by atoms with Crippen LogP contribution in [0.25, 0.3) is 0 Å². The van der Waals surface area contributed by atoms with Gasteiger partial charge in [0.15, 0.2) is 0 Å². The fraction of sp³-hybridized carbons (Fsp3) is 1.00. The van der Waals surface area contributed by atoms with Gasteiger partial charge in [-0.2, -0.15) is 26.3 Å². The molecule has 2 unspecified atom stereocenters. The van der Waals surface area contributed by atoms with E-state index < -0.39 is 30.3 Å². The number of hydrogen-bond donors (Lipinski definition) is 1. The number of halogens is 6. The summed E-state index contributed by atoms with van der Waals surface area (Å²) in [4.78, 5) is 0. The van der Waals surface area contributed by atoms with Crippen molar-refractivity contribution in [3.8, 4) is 0 Å². The molecule has 2 rings (SSSR count). The summed E-state index contributed by atoms with van der Waals surface area (Å²) in [5, 5.41) is 9.12. The van der Waals surface area contributed by atoms with Crippen LogP contribution in [0.2, 0.25) is 0 Å². The largest absolute Gasteiger partial charge is 0.426 e. The summed E-state index contributed by atoms with van der Waals surface area (Å²) in [6, 6.07) is 0. The zero-order chi connectivity index (χ0) is 13.8. The van der Waals surface area contributed by atoms with Crippen molar-refractivity contribution < 1.29 is 31.4 Å². The van der Waals surface area contributed by atoms with Gasteiger partial charge in [-0.15, -0.1) is 0 Å². The van der Waals surface area contributed by atoms with Gasteiger partial charge in [0.25, 0.3) is 5.60 Å². The summed E-state index contributed by atoms with van der Waals surface area (Å²) in [6.45, 7) is 0. The SMILES string of the molecule is OC(CC1CC2CC[C@@H]1C2)(C(F)(F)F)C(F)(F)F. The van der Waals surface area contributed by atoms with E-state index in [1.54, 1.807) is 0 Å². The Morgan fingerprint density at radius 2 is 1.44 bits per heavy atom. The molecule has 2 bridgehead atoms. The smallest absolute Gasteiger partial charge is 0.374 e. The molecule has 0 saturated heterocycles. The van der Waals surface area contributed by atoms with Crippen molar-refractivity contribution in [3.05, 3.63) is 0 Å². The van der Waals surface area contributed by atoms with Crippen LogP contribution in [-0.2, 0) is 0 Å². The number of rotatable bonds is 2. The predicted octanol–water partition coefficient (Wildman–Crippen LogP) is 3.67. The third-order valence-electron chi connectivity index (χ3n) is 4.38. The van der Waals surface area contributed by atoms with Gasteiger partial charge in [-0.05, 0) is 43.4 Å². The van der Waals surface area contributed by atoms with E-state index in [9.17, 15) is 26.3 Å². The maximum Gasteiger partial charge on any atom is 0.426 e. The van der Waals surface area contributed by atoms with Crippen molar-refractivity contribution in [2.45, 2.75) is 50.1 Å². The van der Waals surface area contributed by atoms with Gasteiger partial charge >= 0.3 is 12.4 Å². The molecule has 7 heteroatoms. The fourth-order valence-corrected chi connectivity index (χ4v) is 3.40. The molecule has 2 saturated carbocycles. The summed E-state index contributed by atoms with van der Waals surface area (Å²) in [6.07, 6.45) is -9.95. The zero-order valence-corrected chi connectivity index (χ0v) is 9.48. The molecule has 0 heterocycles. The highest BCUT2D eigenvalue weighted by molar-refractivity contribution is 5.00. The molecule has 0 aromatic heterocycles. The average molecular weight is 276 g/mol. The second-order valence-corrected chi connectivity index (χ2v) is 5.49. The molecule has 0 aromatic carbocycles. The summed E-state index contributed by atoms with van der Waals surface area (Å²) < 4.78 is 75.2. The van der Waals surface area contributed by atoms with Crippen LogP contribution in [0.3, 0.4) is 0 Å². The number of fused-ring (bicyclic) bond motifs is 2. The Bertz CT molecular complexity index is 306. The van der Waals surface area contributed by atoms with Gasteiger partial charge in [-0.25, -0.2) is 0 Å². The second kappa shape index (κ2) is 4.02. The minimum atomic E-state index is -5.67. The molecule has 2 aliphatic rings. The molecular weight excluding hydrogens is 262 g/mol. The van der Waals surface area contributed by atoms with Gasteiger partial charge in [0.1, 0.15) is 0 Å². The molecule has 1 N–H and O–H groups in total. The van der Waals surface area contributed by atoms with Crippen LogP contribution in [0.4, 0.5) is 26.3 Å². The van der Waals surface area contributed by atoms with Gasteiger partial charge in [-0.1, -0.05) is 6.42 Å². The third-order valence-corrected chi connectivity index (χ3v) is 4.38. The molecule has 0 aliphatic heterocycles. The Morgan fingerprint density at radius 1 is 0.889 bits per heavy atom. The first-order valence-electron chi connectivity index (χ1n) is 5.90. The van der Waals surface area contributed by atoms with E-state index in [1.165, 1.54) is 0 Å². The predicted molar refractivity (Wildman–Crippen MR) is 50.6 cm³/mol. The normalized spacial score (nSPS) is 33.2. The quantitative estimate of drug-likeness (QED) is 0.763. The third kappa shape index (κ3) is 2.10. The van der Waals surface area contributed by atoms with E-state index in [0.29, 0.717) is 19.3 Å². The molecule has 0 radical (unpaired) electrons. The highest BCUT2D eigenvalue weighted by atomic mass is 19.4. The topological polar surface area (TPSA) is 20.2 Å². The van der Waals surface area contributed by atoms with E-state index in [2.05, 4.69) is 0 Å². The van der Waals surface area contributed by atoms with Crippen molar-refractivity contribution in [2.24, 2.45) is 17.8 Å². The van der Waals surface area contributed by atoms with E-state index in [0.717, 1.165) is 6.42 Å². The van der Waals surface area contributed by atoms with Gasteiger partial charge in [-0.3, -0.25) is 0 Å². The van der Waals surface area contributed by atoms with Crippen LogP contribution in [-0.4, -0.2) is 23.1 Å². The van der Waals surface area contributed by atoms with Gasteiger partial charge < -0.3 is 5.11 Å². The Labute approximate surface area is 100 Å². The lowest BCUT2D eigenvalue weighted by Gasteiger charge is -2.36. The number of alkyl halides is 6. The fourth-order valence-electron chi connectivity index (χ4n) is 3.40. The Kier molecular flexibility index (Phi) is 3.11. The van der Waals surface area contributed by atoms with E-state index in [1.807, 2.05) is 0 Å². The molecule has 1 nitrogen and oxygen atoms in total. The maximum absolute atomic E-state index is 12.5. The van der Waals surface area contributed by atoms with Crippen LogP contribution in [0.1, 0.15) is 32.1 Å². The van der Waals surface area contributed by atoms with E-state index in [4.69, 9.17) is 5.11 Å². The highest BCUT2D eigenvalue weighted by Gasteiger charge is 2.71. The Morgan fingerprint density at radius 3 is 1.78 bits per heavy atom. The van der Waals surface area contributed by atoms with Crippen LogP contribution >= 0.6 is 0 Å². The molecule has 0 aromatic rings. The minimum Gasteiger partial charge on any atom is -0.374 e. The lowest BCUT2D eigenvalue weighted by atomic mass is 9.79. The lowest BCUT2D eigenvalue weighted by molar-refractivity contribution is -0.373. The Balaban J connectivity index is 2.17. The van der Waals surface area contributed by atoms with Crippen LogP contribution in [0.5, 0.6) is 0 Å². The van der Waals surface area contributed by atoms with Crippen molar-refractivity contribution in [1.82, 2.24) is 0 Å². The van der Waals surface area contributed by atoms with E-state index in [-0.39, 0.29) is 11.8 Å². The molecule has 0 spiro atoms. The molecule has 0 amide bonds.